The molecule has 0 aromatic heterocycles. The fraction of sp³-hybridized carbons (Fsp3) is 0.158. The third-order valence-corrected chi connectivity index (χ3v) is 4.88. The standard InChI is InChI=1S/C19H17N3OS/c1-24-19(21-12-13-21)16-17(14-8-4-2-5-9-14)20-22(18(16)23)15-10-6-3-7-11-15/h2-11H,12-13H2,1H3. The van der Waals surface area contributed by atoms with E-state index in [0.717, 1.165) is 35.1 Å². The van der Waals surface area contributed by atoms with Gasteiger partial charge in [-0.15, -0.1) is 11.8 Å². The van der Waals surface area contributed by atoms with E-state index in [1.807, 2.05) is 66.9 Å². The van der Waals surface area contributed by atoms with Gasteiger partial charge in [-0.05, 0) is 18.4 Å². The minimum atomic E-state index is -0.0590. The van der Waals surface area contributed by atoms with E-state index in [1.165, 1.54) is 5.01 Å². The Balaban J connectivity index is 1.86. The Hall–Kier alpha value is -2.53. The molecule has 24 heavy (non-hydrogen) atoms. The summed E-state index contributed by atoms with van der Waals surface area (Å²) in [6.45, 7) is 2.00. The maximum atomic E-state index is 13.1. The SMILES string of the molecule is CSC(=C1C(=O)N(c2ccccc2)N=C1c1ccccc1)N1CC1. The molecule has 120 valence electrons. The van der Waals surface area contributed by atoms with Gasteiger partial charge in [0.05, 0.1) is 16.3 Å². The van der Waals surface area contributed by atoms with Gasteiger partial charge in [-0.25, -0.2) is 0 Å². The molecule has 0 atom stereocenters. The molecule has 1 saturated heterocycles. The van der Waals surface area contributed by atoms with Crippen LogP contribution >= 0.6 is 11.8 Å². The lowest BCUT2D eigenvalue weighted by Crippen LogP contribution is -2.23. The molecule has 0 unspecified atom stereocenters. The second-order valence-corrected chi connectivity index (χ2v) is 6.43. The summed E-state index contributed by atoms with van der Waals surface area (Å²) in [6.07, 6.45) is 2.02. The van der Waals surface area contributed by atoms with E-state index in [2.05, 4.69) is 10.0 Å². The van der Waals surface area contributed by atoms with Crippen molar-refractivity contribution in [1.29, 1.82) is 0 Å². The number of carbonyl (C=O) groups is 1. The highest BCUT2D eigenvalue weighted by Crippen LogP contribution is 2.34. The minimum absolute atomic E-state index is 0.0590. The second kappa shape index (κ2) is 6.17. The second-order valence-electron chi connectivity index (χ2n) is 5.64. The lowest BCUT2D eigenvalue weighted by Gasteiger charge is -2.13. The number of amides is 1. The molecule has 1 fully saturated rings. The molecule has 0 aliphatic carbocycles. The molecular weight excluding hydrogens is 318 g/mol. The number of rotatable bonds is 4. The Morgan fingerprint density at radius 2 is 1.62 bits per heavy atom. The highest BCUT2D eigenvalue weighted by atomic mass is 32.2. The summed E-state index contributed by atoms with van der Waals surface area (Å²) < 4.78 is 0. The smallest absolute Gasteiger partial charge is 0.283 e. The van der Waals surface area contributed by atoms with Gasteiger partial charge in [-0.2, -0.15) is 10.1 Å². The summed E-state index contributed by atoms with van der Waals surface area (Å²) in [5.74, 6) is -0.0590. The molecule has 4 rings (SSSR count). The van der Waals surface area contributed by atoms with Crippen molar-refractivity contribution in [3.05, 3.63) is 76.8 Å². The monoisotopic (exact) mass is 335 g/mol. The number of para-hydroxylation sites is 1. The Labute approximate surface area is 145 Å². The van der Waals surface area contributed by atoms with Crippen molar-refractivity contribution in [2.75, 3.05) is 24.4 Å². The molecule has 0 radical (unpaired) electrons. The van der Waals surface area contributed by atoms with Crippen LogP contribution in [-0.4, -0.2) is 35.9 Å². The lowest BCUT2D eigenvalue weighted by atomic mass is 10.0. The quantitative estimate of drug-likeness (QED) is 0.635. The maximum Gasteiger partial charge on any atom is 0.283 e. The van der Waals surface area contributed by atoms with Crippen molar-refractivity contribution >= 4 is 29.1 Å². The van der Waals surface area contributed by atoms with Gasteiger partial charge >= 0.3 is 0 Å². The average molecular weight is 335 g/mol. The van der Waals surface area contributed by atoms with E-state index in [9.17, 15) is 4.79 Å². The van der Waals surface area contributed by atoms with Gasteiger partial charge in [0.2, 0.25) is 0 Å². The third kappa shape index (κ3) is 2.61. The first-order valence-corrected chi connectivity index (χ1v) is 9.09. The molecule has 2 aliphatic rings. The average Bonchev–Trinajstić information content (AvgIpc) is 3.42. The van der Waals surface area contributed by atoms with E-state index in [-0.39, 0.29) is 5.91 Å². The number of anilines is 1. The first-order chi connectivity index (χ1) is 11.8. The van der Waals surface area contributed by atoms with E-state index in [4.69, 9.17) is 0 Å². The molecule has 2 aromatic rings. The van der Waals surface area contributed by atoms with Crippen LogP contribution in [0.15, 0.2) is 76.4 Å². The molecule has 4 nitrogen and oxygen atoms in total. The van der Waals surface area contributed by atoms with Crippen LogP contribution < -0.4 is 5.01 Å². The summed E-state index contributed by atoms with van der Waals surface area (Å²) >= 11 is 1.61. The van der Waals surface area contributed by atoms with E-state index in [1.54, 1.807) is 11.8 Å². The van der Waals surface area contributed by atoms with Crippen molar-refractivity contribution in [2.45, 2.75) is 0 Å². The highest BCUT2D eigenvalue weighted by molar-refractivity contribution is 8.02. The molecule has 5 heteroatoms. The van der Waals surface area contributed by atoms with Crippen molar-refractivity contribution in [1.82, 2.24) is 4.90 Å². The normalized spacial score (nSPS) is 18.7. The summed E-state index contributed by atoms with van der Waals surface area (Å²) in [7, 11) is 0. The van der Waals surface area contributed by atoms with Crippen LogP contribution in [-0.2, 0) is 4.79 Å². The molecule has 0 N–H and O–H groups in total. The fourth-order valence-electron chi connectivity index (χ4n) is 2.78. The predicted molar refractivity (Wildman–Crippen MR) is 99.0 cm³/mol. The Morgan fingerprint density at radius 3 is 2.21 bits per heavy atom. The number of benzene rings is 2. The summed E-state index contributed by atoms with van der Waals surface area (Å²) in [5, 5.41) is 7.20. The number of nitrogens with zero attached hydrogens (tertiary/aromatic N) is 3. The van der Waals surface area contributed by atoms with Gasteiger partial charge in [0.15, 0.2) is 0 Å². The first kappa shape index (κ1) is 15.0. The van der Waals surface area contributed by atoms with Gasteiger partial charge in [0, 0.05) is 18.7 Å². The summed E-state index contributed by atoms with van der Waals surface area (Å²) in [5.41, 5.74) is 3.21. The summed E-state index contributed by atoms with van der Waals surface area (Å²) in [4.78, 5) is 15.3. The molecule has 2 aliphatic heterocycles. The molecule has 2 aromatic carbocycles. The number of carbonyl (C=O) groups excluding carboxylic acids is 1. The molecule has 2 heterocycles. The van der Waals surface area contributed by atoms with Crippen LogP contribution in [0.5, 0.6) is 0 Å². The van der Waals surface area contributed by atoms with Crippen LogP contribution in [0, 0.1) is 0 Å². The van der Waals surface area contributed by atoms with Gasteiger partial charge < -0.3 is 4.90 Å². The minimum Gasteiger partial charge on any atom is -0.362 e. The van der Waals surface area contributed by atoms with Crippen molar-refractivity contribution < 1.29 is 4.79 Å². The van der Waals surface area contributed by atoms with E-state index in [0.29, 0.717) is 5.57 Å². The molecular formula is C19H17N3OS. The zero-order valence-electron chi connectivity index (χ0n) is 13.3. The molecule has 0 bridgehead atoms. The number of hydrogen-bond donors (Lipinski definition) is 0. The number of thioether (sulfide) groups is 1. The van der Waals surface area contributed by atoms with E-state index >= 15 is 0 Å². The number of hydrazone groups is 1. The first-order valence-electron chi connectivity index (χ1n) is 7.86. The van der Waals surface area contributed by atoms with Crippen LogP contribution in [0.4, 0.5) is 5.69 Å². The zero-order valence-corrected chi connectivity index (χ0v) is 14.2. The Bertz CT molecular complexity index is 826. The zero-order chi connectivity index (χ0) is 16.5. The van der Waals surface area contributed by atoms with Crippen molar-refractivity contribution in [3.8, 4) is 0 Å². The number of hydrogen-bond acceptors (Lipinski definition) is 4. The van der Waals surface area contributed by atoms with Gasteiger partial charge in [-0.3, -0.25) is 4.79 Å². The molecule has 0 saturated carbocycles. The maximum absolute atomic E-state index is 13.1. The van der Waals surface area contributed by atoms with Crippen molar-refractivity contribution in [2.24, 2.45) is 5.10 Å². The fourth-order valence-corrected chi connectivity index (χ4v) is 3.61. The molecule has 0 spiro atoms. The Morgan fingerprint density at radius 1 is 1.00 bits per heavy atom. The van der Waals surface area contributed by atoms with Crippen LogP contribution in [0.3, 0.4) is 0 Å². The summed E-state index contributed by atoms with van der Waals surface area (Å²) in [6, 6.07) is 19.5. The lowest BCUT2D eigenvalue weighted by molar-refractivity contribution is -0.114. The third-order valence-electron chi connectivity index (χ3n) is 4.03. The van der Waals surface area contributed by atoms with Gasteiger partial charge in [0.25, 0.3) is 5.91 Å². The topological polar surface area (TPSA) is 35.7 Å². The van der Waals surface area contributed by atoms with Gasteiger partial charge in [-0.1, -0.05) is 48.5 Å². The van der Waals surface area contributed by atoms with Gasteiger partial charge in [0.1, 0.15) is 5.71 Å². The van der Waals surface area contributed by atoms with Crippen LogP contribution in [0.2, 0.25) is 0 Å². The predicted octanol–water partition coefficient (Wildman–Crippen LogP) is 3.33. The largest absolute Gasteiger partial charge is 0.362 e. The van der Waals surface area contributed by atoms with Crippen molar-refractivity contribution in [3.63, 3.8) is 0 Å². The van der Waals surface area contributed by atoms with Crippen LogP contribution in [0.1, 0.15) is 5.56 Å². The highest BCUT2D eigenvalue weighted by Gasteiger charge is 2.37. The van der Waals surface area contributed by atoms with Crippen LogP contribution in [0.25, 0.3) is 0 Å². The van der Waals surface area contributed by atoms with E-state index < -0.39 is 0 Å². The Kier molecular flexibility index (Phi) is 3.86. The molecule has 1 amide bonds.